The lowest BCUT2D eigenvalue weighted by molar-refractivity contribution is -0.118. The van der Waals surface area contributed by atoms with E-state index in [-0.39, 0.29) is 23.5 Å². The zero-order valence-corrected chi connectivity index (χ0v) is 16.2. The van der Waals surface area contributed by atoms with E-state index in [1.807, 2.05) is 26.0 Å². The summed E-state index contributed by atoms with van der Waals surface area (Å²) in [5, 5.41) is 2.83. The number of carbonyl (C=O) groups is 2. The molecule has 2 aromatic rings. The van der Waals surface area contributed by atoms with Gasteiger partial charge in [0.15, 0.2) is 0 Å². The Balaban J connectivity index is 1.61. The number of pyridine rings is 1. The van der Waals surface area contributed by atoms with Crippen LogP contribution in [-0.2, 0) is 4.79 Å². The van der Waals surface area contributed by atoms with Crippen LogP contribution in [0.3, 0.4) is 0 Å². The second-order valence-corrected chi connectivity index (χ2v) is 7.19. The molecule has 2 heterocycles. The second kappa shape index (κ2) is 8.82. The third-order valence-electron chi connectivity index (χ3n) is 4.74. The Labute approximate surface area is 164 Å². The van der Waals surface area contributed by atoms with Crippen LogP contribution in [0.25, 0.3) is 0 Å². The van der Waals surface area contributed by atoms with E-state index >= 15 is 0 Å². The monoisotopic (exact) mass is 384 g/mol. The van der Waals surface area contributed by atoms with Crippen molar-refractivity contribution in [2.45, 2.75) is 20.3 Å². The Kier molecular flexibility index (Phi) is 6.23. The number of aromatic nitrogens is 1. The zero-order chi connectivity index (χ0) is 20.1. The van der Waals surface area contributed by atoms with Crippen LogP contribution in [0.15, 0.2) is 42.6 Å². The summed E-state index contributed by atoms with van der Waals surface area (Å²) in [5.41, 5.74) is 1.17. The van der Waals surface area contributed by atoms with Crippen molar-refractivity contribution in [2.75, 3.05) is 36.4 Å². The van der Waals surface area contributed by atoms with Gasteiger partial charge >= 0.3 is 0 Å². The van der Waals surface area contributed by atoms with Gasteiger partial charge in [0.2, 0.25) is 5.91 Å². The fourth-order valence-corrected chi connectivity index (χ4v) is 3.06. The number of nitrogens with one attached hydrogen (secondary N) is 1. The first-order valence-electron chi connectivity index (χ1n) is 9.51. The SMILES string of the molecule is CC(C)C(=O)Nc1ccc(N2CCCN(C(=O)c3ccc(F)cc3)CC2)nc1. The third-order valence-corrected chi connectivity index (χ3v) is 4.74. The van der Waals surface area contributed by atoms with Gasteiger partial charge in [-0.2, -0.15) is 0 Å². The molecule has 1 aliphatic heterocycles. The number of benzene rings is 1. The minimum absolute atomic E-state index is 0.0423. The lowest BCUT2D eigenvalue weighted by Crippen LogP contribution is -2.35. The Hall–Kier alpha value is -2.96. The van der Waals surface area contributed by atoms with Gasteiger partial charge in [-0.15, -0.1) is 0 Å². The van der Waals surface area contributed by atoms with Gasteiger partial charge in [-0.1, -0.05) is 13.8 Å². The highest BCUT2D eigenvalue weighted by Gasteiger charge is 2.21. The Morgan fingerprint density at radius 1 is 1.04 bits per heavy atom. The molecule has 0 spiro atoms. The first-order chi connectivity index (χ1) is 13.4. The average molecular weight is 384 g/mol. The van der Waals surface area contributed by atoms with Gasteiger partial charge in [0.25, 0.3) is 5.91 Å². The topological polar surface area (TPSA) is 65.5 Å². The van der Waals surface area contributed by atoms with E-state index in [2.05, 4.69) is 15.2 Å². The van der Waals surface area contributed by atoms with Gasteiger partial charge in [0.1, 0.15) is 11.6 Å². The molecule has 0 aliphatic carbocycles. The Morgan fingerprint density at radius 3 is 2.43 bits per heavy atom. The highest BCUT2D eigenvalue weighted by atomic mass is 19.1. The van der Waals surface area contributed by atoms with Crippen LogP contribution in [0.4, 0.5) is 15.9 Å². The van der Waals surface area contributed by atoms with Crippen molar-refractivity contribution in [3.05, 3.63) is 54.0 Å². The van der Waals surface area contributed by atoms with Crippen LogP contribution in [0.5, 0.6) is 0 Å². The Bertz CT molecular complexity index is 821. The molecule has 0 atom stereocenters. The summed E-state index contributed by atoms with van der Waals surface area (Å²) < 4.78 is 13.1. The van der Waals surface area contributed by atoms with Crippen LogP contribution in [0.1, 0.15) is 30.6 Å². The minimum Gasteiger partial charge on any atom is -0.355 e. The number of amides is 2. The molecule has 3 rings (SSSR count). The summed E-state index contributed by atoms with van der Waals surface area (Å²) in [6.07, 6.45) is 2.47. The lowest BCUT2D eigenvalue weighted by atomic mass is 10.2. The number of hydrogen-bond acceptors (Lipinski definition) is 4. The predicted octanol–water partition coefficient (Wildman–Crippen LogP) is 3.17. The summed E-state index contributed by atoms with van der Waals surface area (Å²) in [6.45, 7) is 6.36. The number of halogens is 1. The normalized spacial score (nSPS) is 14.7. The zero-order valence-electron chi connectivity index (χ0n) is 16.2. The van der Waals surface area contributed by atoms with E-state index in [0.29, 0.717) is 30.9 Å². The molecule has 148 valence electrons. The minimum atomic E-state index is -0.349. The van der Waals surface area contributed by atoms with Gasteiger partial charge < -0.3 is 15.1 Å². The van der Waals surface area contributed by atoms with Crippen molar-refractivity contribution in [3.8, 4) is 0 Å². The molecule has 1 N–H and O–H groups in total. The number of nitrogens with zero attached hydrogens (tertiary/aromatic N) is 3. The molecule has 0 unspecified atom stereocenters. The maximum atomic E-state index is 13.1. The van der Waals surface area contributed by atoms with E-state index < -0.39 is 0 Å². The van der Waals surface area contributed by atoms with Crippen molar-refractivity contribution in [1.82, 2.24) is 9.88 Å². The first kappa shape index (κ1) is 19.8. The van der Waals surface area contributed by atoms with Crippen LogP contribution in [0.2, 0.25) is 0 Å². The molecule has 1 aliphatic rings. The standard InChI is InChI=1S/C21H25FN4O2/c1-15(2)20(27)24-18-8-9-19(23-14-18)25-10-3-11-26(13-12-25)21(28)16-4-6-17(22)7-5-16/h4-9,14-15H,3,10-13H2,1-2H3,(H,24,27). The summed E-state index contributed by atoms with van der Waals surface area (Å²) >= 11 is 0. The quantitative estimate of drug-likeness (QED) is 0.879. The molecule has 2 amide bonds. The van der Waals surface area contributed by atoms with Crippen molar-refractivity contribution in [3.63, 3.8) is 0 Å². The third kappa shape index (κ3) is 4.85. The van der Waals surface area contributed by atoms with Crippen LogP contribution < -0.4 is 10.2 Å². The maximum Gasteiger partial charge on any atom is 0.253 e. The molecule has 0 radical (unpaired) electrons. The summed E-state index contributed by atoms with van der Waals surface area (Å²) in [6, 6.07) is 9.38. The highest BCUT2D eigenvalue weighted by molar-refractivity contribution is 5.94. The van der Waals surface area contributed by atoms with Gasteiger partial charge in [0.05, 0.1) is 11.9 Å². The number of rotatable bonds is 4. The predicted molar refractivity (Wildman–Crippen MR) is 107 cm³/mol. The molecule has 1 aromatic heterocycles. The van der Waals surface area contributed by atoms with E-state index in [1.165, 1.54) is 24.3 Å². The highest BCUT2D eigenvalue weighted by Crippen LogP contribution is 2.18. The number of anilines is 2. The average Bonchev–Trinajstić information content (AvgIpc) is 2.95. The second-order valence-electron chi connectivity index (χ2n) is 7.19. The van der Waals surface area contributed by atoms with E-state index in [4.69, 9.17) is 0 Å². The van der Waals surface area contributed by atoms with Crippen molar-refractivity contribution in [2.24, 2.45) is 5.92 Å². The van der Waals surface area contributed by atoms with Crippen molar-refractivity contribution < 1.29 is 14.0 Å². The number of carbonyl (C=O) groups excluding carboxylic acids is 2. The molecular formula is C21H25FN4O2. The maximum absolute atomic E-state index is 13.1. The summed E-state index contributed by atoms with van der Waals surface area (Å²) in [7, 11) is 0. The van der Waals surface area contributed by atoms with E-state index in [1.54, 1.807) is 11.1 Å². The fourth-order valence-electron chi connectivity index (χ4n) is 3.06. The molecule has 1 aromatic carbocycles. The van der Waals surface area contributed by atoms with Gasteiger partial charge in [-0.05, 0) is 42.8 Å². The van der Waals surface area contributed by atoms with E-state index in [9.17, 15) is 14.0 Å². The van der Waals surface area contributed by atoms with Gasteiger partial charge in [-0.3, -0.25) is 9.59 Å². The van der Waals surface area contributed by atoms with Gasteiger partial charge in [-0.25, -0.2) is 9.37 Å². The smallest absolute Gasteiger partial charge is 0.253 e. The Morgan fingerprint density at radius 2 is 1.79 bits per heavy atom. The number of hydrogen-bond donors (Lipinski definition) is 1. The molecule has 0 saturated carbocycles. The summed E-state index contributed by atoms with van der Waals surface area (Å²) in [5.74, 6) is 0.257. The lowest BCUT2D eigenvalue weighted by Gasteiger charge is -2.23. The molecule has 1 saturated heterocycles. The first-order valence-corrected chi connectivity index (χ1v) is 9.51. The molecule has 6 nitrogen and oxygen atoms in total. The van der Waals surface area contributed by atoms with Crippen molar-refractivity contribution >= 4 is 23.3 Å². The fraction of sp³-hybridized carbons (Fsp3) is 0.381. The summed E-state index contributed by atoms with van der Waals surface area (Å²) in [4.78, 5) is 32.8. The molecular weight excluding hydrogens is 359 g/mol. The van der Waals surface area contributed by atoms with Crippen molar-refractivity contribution in [1.29, 1.82) is 0 Å². The van der Waals surface area contributed by atoms with E-state index in [0.717, 1.165) is 18.8 Å². The largest absolute Gasteiger partial charge is 0.355 e. The molecule has 0 bridgehead atoms. The van der Waals surface area contributed by atoms with Gasteiger partial charge in [0, 0.05) is 37.7 Å². The molecule has 7 heteroatoms. The molecule has 28 heavy (non-hydrogen) atoms. The van der Waals surface area contributed by atoms with Crippen LogP contribution >= 0.6 is 0 Å². The van der Waals surface area contributed by atoms with Crippen LogP contribution in [-0.4, -0.2) is 47.9 Å². The molecule has 1 fully saturated rings. The van der Waals surface area contributed by atoms with Crippen LogP contribution in [0, 0.1) is 11.7 Å².